The van der Waals surface area contributed by atoms with Gasteiger partial charge in [0.15, 0.2) is 6.61 Å². The molecule has 0 bridgehead atoms. The van der Waals surface area contributed by atoms with Gasteiger partial charge >= 0.3 is 0 Å². The second-order valence-electron chi connectivity index (χ2n) is 7.12. The second kappa shape index (κ2) is 12.4. The number of carbonyl (C=O) groups excluding carboxylic acids is 1. The monoisotopic (exact) mass is 504 g/mol. The Morgan fingerprint density at radius 3 is 2.38 bits per heavy atom. The highest BCUT2D eigenvalue weighted by atomic mass is 35.5. The molecule has 1 amide bonds. The van der Waals surface area contributed by atoms with Gasteiger partial charge in [0, 0.05) is 19.3 Å². The van der Waals surface area contributed by atoms with Gasteiger partial charge in [-0.3, -0.25) is 4.79 Å². The quantitative estimate of drug-likeness (QED) is 0.363. The van der Waals surface area contributed by atoms with E-state index in [1.165, 1.54) is 25.3 Å². The van der Waals surface area contributed by atoms with E-state index >= 15 is 0 Å². The van der Waals surface area contributed by atoms with Gasteiger partial charge in [-0.25, -0.2) is 13.1 Å². The fraction of sp³-hybridized carbons (Fsp3) is 0.208. The summed E-state index contributed by atoms with van der Waals surface area (Å²) in [6, 6.07) is 20.8. The van der Waals surface area contributed by atoms with Gasteiger partial charge in [0.05, 0.1) is 16.5 Å². The van der Waals surface area contributed by atoms with E-state index in [2.05, 4.69) is 10.0 Å². The van der Waals surface area contributed by atoms with Crippen LogP contribution in [-0.4, -0.2) is 41.2 Å². The van der Waals surface area contributed by atoms with Crippen LogP contribution in [0.25, 0.3) is 0 Å². The molecule has 0 fully saturated rings. The average molecular weight is 505 g/mol. The van der Waals surface area contributed by atoms with Gasteiger partial charge in [-0.1, -0.05) is 41.9 Å². The fourth-order valence-corrected chi connectivity index (χ4v) is 4.18. The van der Waals surface area contributed by atoms with Crippen LogP contribution in [0.15, 0.2) is 77.7 Å². The van der Waals surface area contributed by atoms with E-state index in [1.807, 2.05) is 30.3 Å². The summed E-state index contributed by atoms with van der Waals surface area (Å²) in [6.45, 7) is 0.524. The lowest BCUT2D eigenvalue weighted by molar-refractivity contribution is -0.118. The molecule has 2 N–H and O–H groups in total. The number of nitrogens with one attached hydrogen (secondary N) is 2. The number of benzene rings is 3. The molecule has 0 unspecified atom stereocenters. The van der Waals surface area contributed by atoms with E-state index in [9.17, 15) is 13.2 Å². The fourth-order valence-electron chi connectivity index (χ4n) is 2.84. The minimum Gasteiger partial charge on any atom is -0.489 e. The third-order valence-electron chi connectivity index (χ3n) is 4.56. The average Bonchev–Trinajstić information content (AvgIpc) is 2.83. The first-order valence-corrected chi connectivity index (χ1v) is 12.2. The first-order valence-electron chi connectivity index (χ1n) is 10.3. The van der Waals surface area contributed by atoms with Crippen molar-refractivity contribution < 1.29 is 27.4 Å². The number of ether oxygens (including phenoxy) is 3. The molecule has 0 aromatic heterocycles. The van der Waals surface area contributed by atoms with Gasteiger partial charge in [-0.15, -0.1) is 0 Å². The highest BCUT2D eigenvalue weighted by Crippen LogP contribution is 2.27. The van der Waals surface area contributed by atoms with Crippen LogP contribution < -0.4 is 19.5 Å². The SMILES string of the molecule is COCCNS(=O)(=O)c1ccc(OCC(=O)Nc2ccc(OCc3ccccc3)cc2)c(Cl)c1. The van der Waals surface area contributed by atoms with Crippen LogP contribution in [0.4, 0.5) is 5.69 Å². The Morgan fingerprint density at radius 1 is 0.971 bits per heavy atom. The van der Waals surface area contributed by atoms with Crippen LogP contribution in [0, 0.1) is 0 Å². The standard InChI is InChI=1S/C24H25ClN2O6S/c1-31-14-13-26-34(29,30)21-11-12-23(22(25)15-21)33-17-24(28)27-19-7-9-20(10-8-19)32-16-18-5-3-2-4-6-18/h2-12,15,26H,13-14,16-17H2,1H3,(H,27,28). The number of halogens is 1. The highest BCUT2D eigenvalue weighted by molar-refractivity contribution is 7.89. The molecule has 34 heavy (non-hydrogen) atoms. The van der Waals surface area contributed by atoms with Crippen LogP contribution in [-0.2, 0) is 26.2 Å². The molecule has 0 aliphatic carbocycles. The van der Waals surface area contributed by atoms with E-state index in [1.54, 1.807) is 24.3 Å². The highest BCUT2D eigenvalue weighted by Gasteiger charge is 2.16. The number of carbonyl (C=O) groups is 1. The zero-order valence-electron chi connectivity index (χ0n) is 18.5. The van der Waals surface area contributed by atoms with Crippen molar-refractivity contribution in [3.8, 4) is 11.5 Å². The predicted molar refractivity (Wildman–Crippen MR) is 130 cm³/mol. The molecule has 0 saturated heterocycles. The molecule has 0 spiro atoms. The minimum atomic E-state index is -3.73. The van der Waals surface area contributed by atoms with Gasteiger partial charge in [0.2, 0.25) is 10.0 Å². The minimum absolute atomic E-state index is 0.0139. The van der Waals surface area contributed by atoms with Crippen molar-refractivity contribution in [3.05, 3.63) is 83.4 Å². The van der Waals surface area contributed by atoms with E-state index in [4.69, 9.17) is 25.8 Å². The summed E-state index contributed by atoms with van der Waals surface area (Å²) in [4.78, 5) is 12.2. The molecule has 3 rings (SSSR count). The van der Waals surface area contributed by atoms with E-state index in [0.717, 1.165) is 5.56 Å². The largest absolute Gasteiger partial charge is 0.489 e. The maximum Gasteiger partial charge on any atom is 0.262 e. The number of amides is 1. The van der Waals surface area contributed by atoms with Crippen molar-refractivity contribution in [2.24, 2.45) is 0 Å². The zero-order chi connectivity index (χ0) is 24.4. The summed E-state index contributed by atoms with van der Waals surface area (Å²) in [5.41, 5.74) is 1.64. The van der Waals surface area contributed by atoms with Crippen molar-refractivity contribution >= 4 is 33.2 Å². The first kappa shape index (κ1) is 25.5. The topological polar surface area (TPSA) is 103 Å². The molecule has 10 heteroatoms. The molecular formula is C24H25ClN2O6S. The Labute approximate surface area is 203 Å². The normalized spacial score (nSPS) is 11.1. The Bertz CT molecular complexity index is 1190. The summed E-state index contributed by atoms with van der Waals surface area (Å²) in [5.74, 6) is 0.473. The first-order chi connectivity index (χ1) is 16.4. The Hall–Kier alpha value is -3.11. The third-order valence-corrected chi connectivity index (χ3v) is 6.31. The molecule has 0 heterocycles. The van der Waals surface area contributed by atoms with Gasteiger partial charge < -0.3 is 19.5 Å². The third kappa shape index (κ3) is 7.74. The molecular weight excluding hydrogens is 480 g/mol. The summed E-state index contributed by atoms with van der Waals surface area (Å²) < 4.78 is 42.9. The summed E-state index contributed by atoms with van der Waals surface area (Å²) in [5, 5.41) is 2.79. The van der Waals surface area contributed by atoms with Crippen molar-refractivity contribution in [1.29, 1.82) is 0 Å². The van der Waals surface area contributed by atoms with Crippen LogP contribution in [0.2, 0.25) is 5.02 Å². The van der Waals surface area contributed by atoms with Crippen molar-refractivity contribution in [2.45, 2.75) is 11.5 Å². The van der Waals surface area contributed by atoms with E-state index < -0.39 is 15.9 Å². The number of hydrogen-bond acceptors (Lipinski definition) is 6. The Balaban J connectivity index is 1.49. The summed E-state index contributed by atoms with van der Waals surface area (Å²) >= 11 is 6.14. The predicted octanol–water partition coefficient (Wildman–Crippen LogP) is 3.86. The number of sulfonamides is 1. The van der Waals surface area contributed by atoms with Gasteiger partial charge in [0.25, 0.3) is 5.91 Å². The smallest absolute Gasteiger partial charge is 0.262 e. The second-order valence-corrected chi connectivity index (χ2v) is 9.29. The maximum absolute atomic E-state index is 12.2. The molecule has 0 aliphatic heterocycles. The Morgan fingerprint density at radius 2 is 1.71 bits per heavy atom. The molecule has 0 atom stereocenters. The number of hydrogen-bond donors (Lipinski definition) is 2. The lowest BCUT2D eigenvalue weighted by atomic mass is 10.2. The summed E-state index contributed by atoms with van der Waals surface area (Å²) in [7, 11) is -2.25. The Kier molecular flexibility index (Phi) is 9.29. The van der Waals surface area contributed by atoms with Gasteiger partial charge in [-0.05, 0) is 48.0 Å². The van der Waals surface area contributed by atoms with Gasteiger partial charge in [-0.2, -0.15) is 0 Å². The number of rotatable bonds is 12. The van der Waals surface area contributed by atoms with Gasteiger partial charge in [0.1, 0.15) is 18.1 Å². The van der Waals surface area contributed by atoms with Crippen molar-refractivity contribution in [1.82, 2.24) is 4.72 Å². The van der Waals surface area contributed by atoms with E-state index in [0.29, 0.717) is 18.0 Å². The number of methoxy groups -OCH3 is 1. The molecule has 0 saturated carbocycles. The van der Waals surface area contributed by atoms with Crippen LogP contribution in [0.1, 0.15) is 5.56 Å². The van der Waals surface area contributed by atoms with Crippen LogP contribution in [0.5, 0.6) is 11.5 Å². The zero-order valence-corrected chi connectivity index (χ0v) is 20.1. The lowest BCUT2D eigenvalue weighted by Gasteiger charge is -2.11. The van der Waals surface area contributed by atoms with E-state index in [-0.39, 0.29) is 35.4 Å². The van der Waals surface area contributed by atoms with Crippen molar-refractivity contribution in [3.63, 3.8) is 0 Å². The number of anilines is 1. The van der Waals surface area contributed by atoms with Crippen LogP contribution in [0.3, 0.4) is 0 Å². The summed E-state index contributed by atoms with van der Waals surface area (Å²) in [6.07, 6.45) is 0. The lowest BCUT2D eigenvalue weighted by Crippen LogP contribution is -2.27. The molecule has 3 aromatic carbocycles. The van der Waals surface area contributed by atoms with Crippen molar-refractivity contribution in [2.75, 3.05) is 32.2 Å². The molecule has 0 aliphatic rings. The maximum atomic E-state index is 12.2. The molecule has 180 valence electrons. The molecule has 8 nitrogen and oxygen atoms in total. The van der Waals surface area contributed by atoms with Crippen LogP contribution >= 0.6 is 11.6 Å². The molecule has 3 aromatic rings. The molecule has 0 radical (unpaired) electrons.